The van der Waals surface area contributed by atoms with Crippen LogP contribution in [0, 0.1) is 5.92 Å². The molecule has 2 saturated heterocycles. The fourth-order valence-electron chi connectivity index (χ4n) is 6.93. The molecular formula is C34H45N5O6. The van der Waals surface area contributed by atoms with E-state index in [9.17, 15) is 24.3 Å². The first-order chi connectivity index (χ1) is 21.7. The molecule has 5 rings (SSSR count). The van der Waals surface area contributed by atoms with Crippen LogP contribution in [0.25, 0.3) is 0 Å². The van der Waals surface area contributed by atoms with E-state index < -0.39 is 17.7 Å². The fraction of sp³-hybridized carbons (Fsp3) is 0.529. The van der Waals surface area contributed by atoms with Gasteiger partial charge in [-0.2, -0.15) is 0 Å². The van der Waals surface area contributed by atoms with E-state index >= 15 is 0 Å². The number of carbonyl (C=O) groups excluding carboxylic acids is 4. The molecule has 4 amide bonds. The maximum absolute atomic E-state index is 13.9. The first-order valence-corrected chi connectivity index (χ1v) is 16.1. The number of amides is 4. The maximum atomic E-state index is 13.9. The number of aliphatic hydroxyl groups excluding tert-OH is 1. The molecule has 1 spiro atoms. The van der Waals surface area contributed by atoms with Crippen molar-refractivity contribution in [3.8, 4) is 11.5 Å². The van der Waals surface area contributed by atoms with Crippen LogP contribution in [0.1, 0.15) is 67.3 Å². The molecule has 11 heteroatoms. The van der Waals surface area contributed by atoms with Gasteiger partial charge in [0.05, 0.1) is 6.10 Å². The highest BCUT2D eigenvalue weighted by Crippen LogP contribution is 2.36. The van der Waals surface area contributed by atoms with Crippen molar-refractivity contribution in [2.75, 3.05) is 33.7 Å². The predicted molar refractivity (Wildman–Crippen MR) is 168 cm³/mol. The summed E-state index contributed by atoms with van der Waals surface area (Å²) in [7, 11) is 3.15. The van der Waals surface area contributed by atoms with Gasteiger partial charge in [-0.3, -0.25) is 24.1 Å². The van der Waals surface area contributed by atoms with Gasteiger partial charge in [-0.1, -0.05) is 31.4 Å². The molecule has 0 unspecified atom stereocenters. The molecule has 0 aromatic heterocycles. The van der Waals surface area contributed by atoms with Gasteiger partial charge in [0.1, 0.15) is 23.1 Å². The number of hydrogen-bond acceptors (Lipinski definition) is 7. The zero-order valence-corrected chi connectivity index (χ0v) is 26.2. The second-order valence-corrected chi connectivity index (χ2v) is 12.4. The van der Waals surface area contributed by atoms with E-state index in [1.807, 2.05) is 24.3 Å². The lowest BCUT2D eigenvalue weighted by molar-refractivity contribution is -0.166. The summed E-state index contributed by atoms with van der Waals surface area (Å²) in [6.45, 7) is 2.01. The van der Waals surface area contributed by atoms with Crippen molar-refractivity contribution in [3.63, 3.8) is 0 Å². The summed E-state index contributed by atoms with van der Waals surface area (Å²) in [6.07, 6.45) is 4.89. The third kappa shape index (κ3) is 7.31. The molecule has 0 radical (unpaired) electrons. The highest BCUT2D eigenvalue weighted by molar-refractivity contribution is 6.00. The van der Waals surface area contributed by atoms with Gasteiger partial charge in [0.2, 0.25) is 17.7 Å². The number of nitrogens with one attached hydrogen (secondary N) is 3. The van der Waals surface area contributed by atoms with Gasteiger partial charge < -0.3 is 30.7 Å². The summed E-state index contributed by atoms with van der Waals surface area (Å²) in [4.78, 5) is 55.5. The third-order valence-corrected chi connectivity index (χ3v) is 9.67. The molecule has 2 aromatic rings. The summed E-state index contributed by atoms with van der Waals surface area (Å²) in [6, 6.07) is 13.8. The Morgan fingerprint density at radius 3 is 2.18 bits per heavy atom. The Kier molecular flexibility index (Phi) is 10.4. The maximum Gasteiger partial charge on any atom is 0.251 e. The number of benzene rings is 2. The predicted octanol–water partition coefficient (Wildman–Crippen LogP) is 2.58. The average Bonchev–Trinajstić information content (AvgIpc) is 3.08. The van der Waals surface area contributed by atoms with E-state index in [4.69, 9.17) is 4.74 Å². The van der Waals surface area contributed by atoms with E-state index in [1.165, 1.54) is 0 Å². The average molecular weight is 620 g/mol. The minimum atomic E-state index is -1.05. The van der Waals surface area contributed by atoms with Crippen LogP contribution in [0.2, 0.25) is 0 Å². The monoisotopic (exact) mass is 619 g/mol. The topological polar surface area (TPSA) is 140 Å². The number of nitrogens with zero attached hydrogens (tertiary/aromatic N) is 2. The third-order valence-electron chi connectivity index (χ3n) is 9.67. The second kappa shape index (κ2) is 14.4. The highest BCUT2D eigenvalue weighted by atomic mass is 16.5. The number of aliphatic hydroxyl groups is 1. The van der Waals surface area contributed by atoms with Gasteiger partial charge in [-0.15, -0.1) is 0 Å². The van der Waals surface area contributed by atoms with Gasteiger partial charge >= 0.3 is 0 Å². The fourth-order valence-corrected chi connectivity index (χ4v) is 6.93. The van der Waals surface area contributed by atoms with Crippen LogP contribution >= 0.6 is 0 Å². The van der Waals surface area contributed by atoms with Crippen molar-refractivity contribution in [2.45, 2.75) is 75.6 Å². The van der Waals surface area contributed by atoms with Crippen molar-refractivity contribution in [1.82, 2.24) is 25.8 Å². The van der Waals surface area contributed by atoms with Gasteiger partial charge in [0.15, 0.2) is 0 Å². The molecule has 1 aliphatic carbocycles. The minimum absolute atomic E-state index is 0.0176. The quantitative estimate of drug-likeness (QED) is 0.321. The van der Waals surface area contributed by atoms with Gasteiger partial charge in [-0.05, 0) is 73.6 Å². The molecule has 11 nitrogen and oxygen atoms in total. The van der Waals surface area contributed by atoms with Crippen LogP contribution in [-0.4, -0.2) is 89.9 Å². The molecule has 4 N–H and O–H groups in total. The number of ether oxygens (including phenoxy) is 1. The number of hydrogen-bond donors (Lipinski definition) is 4. The lowest BCUT2D eigenvalue weighted by Gasteiger charge is -2.52. The molecule has 1 saturated carbocycles. The van der Waals surface area contributed by atoms with Gasteiger partial charge in [-0.25, -0.2) is 0 Å². The van der Waals surface area contributed by atoms with Crippen LogP contribution in [0.5, 0.6) is 11.5 Å². The largest absolute Gasteiger partial charge is 0.457 e. The number of likely N-dealkylation sites (tertiary alicyclic amines) is 1. The Morgan fingerprint density at radius 1 is 0.956 bits per heavy atom. The molecule has 2 heterocycles. The summed E-state index contributed by atoms with van der Waals surface area (Å²) in [5.74, 6) is 0.423. The van der Waals surface area contributed by atoms with E-state index in [0.717, 1.165) is 37.7 Å². The Labute approximate surface area is 264 Å². The van der Waals surface area contributed by atoms with E-state index in [0.29, 0.717) is 49.5 Å². The molecule has 242 valence electrons. The van der Waals surface area contributed by atoms with E-state index in [2.05, 4.69) is 20.9 Å². The molecule has 45 heavy (non-hydrogen) atoms. The molecule has 2 aliphatic heterocycles. The highest BCUT2D eigenvalue weighted by Gasteiger charge is 2.55. The lowest BCUT2D eigenvalue weighted by atomic mass is 9.78. The van der Waals surface area contributed by atoms with Crippen molar-refractivity contribution in [2.24, 2.45) is 5.92 Å². The van der Waals surface area contributed by atoms with Crippen LogP contribution in [0.4, 0.5) is 0 Å². The van der Waals surface area contributed by atoms with Crippen LogP contribution in [0.15, 0.2) is 48.5 Å². The molecule has 3 aliphatic rings. The first kappa shape index (κ1) is 32.4. The van der Waals surface area contributed by atoms with Crippen molar-refractivity contribution >= 4 is 23.6 Å². The van der Waals surface area contributed by atoms with E-state index in [1.54, 1.807) is 43.3 Å². The van der Waals surface area contributed by atoms with Crippen molar-refractivity contribution < 1.29 is 29.0 Å². The smallest absolute Gasteiger partial charge is 0.251 e. The zero-order valence-electron chi connectivity index (χ0n) is 26.2. The summed E-state index contributed by atoms with van der Waals surface area (Å²) in [5, 5.41) is 19.3. The van der Waals surface area contributed by atoms with Gasteiger partial charge in [0.25, 0.3) is 5.91 Å². The zero-order chi connectivity index (χ0) is 32.0. The molecule has 2 aromatic carbocycles. The Bertz CT molecular complexity index is 1350. The Hall–Kier alpha value is -3.96. The Balaban J connectivity index is 1.21. The van der Waals surface area contributed by atoms with Crippen LogP contribution < -0.4 is 20.7 Å². The molecule has 3 fully saturated rings. The molecule has 0 bridgehead atoms. The minimum Gasteiger partial charge on any atom is -0.457 e. The summed E-state index contributed by atoms with van der Waals surface area (Å²) >= 11 is 0. The number of rotatable bonds is 10. The van der Waals surface area contributed by atoms with Crippen LogP contribution in [0.3, 0.4) is 0 Å². The second-order valence-electron chi connectivity index (χ2n) is 12.4. The van der Waals surface area contributed by atoms with Crippen LogP contribution in [-0.2, 0) is 20.9 Å². The SMILES string of the molecule is CNC(=O)CCN1C(=O)[C@@H]([C@H](O)C2CCCCC2)NC(=O)C12CCN(Cc1ccc(Oc3ccc(C(=O)NC)cc3)cc1)CC2. The molecular weight excluding hydrogens is 574 g/mol. The number of piperidine rings is 1. The standard InChI is InChI=1S/C34H45N5O6/c1-35-28(40)16-19-39-32(43)29(30(41)24-6-4-3-5-7-24)37-33(44)34(39)17-20-38(21-18-34)22-23-8-12-26(13-9-23)45-27-14-10-25(11-15-27)31(42)36-2/h8-15,24,29-30,41H,3-7,16-22H2,1-2H3,(H,35,40)(H,36,42)(H,37,44)/t29-,30-/m1/s1. The number of piperazine rings is 1. The normalized spacial score (nSPS) is 21.2. The first-order valence-electron chi connectivity index (χ1n) is 16.1. The van der Waals surface area contributed by atoms with E-state index in [-0.39, 0.29) is 42.5 Å². The summed E-state index contributed by atoms with van der Waals surface area (Å²) in [5.41, 5.74) is 0.602. The molecule has 2 atom stereocenters. The lowest BCUT2D eigenvalue weighted by Crippen LogP contribution is -2.75. The van der Waals surface area contributed by atoms with Crippen molar-refractivity contribution in [3.05, 3.63) is 59.7 Å². The Morgan fingerprint density at radius 2 is 1.58 bits per heavy atom. The summed E-state index contributed by atoms with van der Waals surface area (Å²) < 4.78 is 5.94. The van der Waals surface area contributed by atoms with Crippen molar-refractivity contribution in [1.29, 1.82) is 0 Å². The van der Waals surface area contributed by atoms with Gasteiger partial charge in [0, 0.05) is 52.3 Å². The number of carbonyl (C=O) groups is 4.